The molecule has 0 heterocycles. The van der Waals surface area contributed by atoms with Gasteiger partial charge in [0.1, 0.15) is 0 Å². The van der Waals surface area contributed by atoms with Crippen LogP contribution in [0.25, 0.3) is 6.08 Å². The highest BCUT2D eigenvalue weighted by Crippen LogP contribution is 2.28. The van der Waals surface area contributed by atoms with Crippen LogP contribution in [-0.2, 0) is 14.8 Å². The number of rotatable bonds is 8. The summed E-state index contributed by atoms with van der Waals surface area (Å²) in [4.78, 5) is 12.4. The zero-order valence-electron chi connectivity index (χ0n) is 19.4. The van der Waals surface area contributed by atoms with Crippen molar-refractivity contribution < 1.29 is 22.7 Å². The van der Waals surface area contributed by atoms with Crippen LogP contribution in [0.5, 0.6) is 11.5 Å². The molecule has 0 aromatic heterocycles. The van der Waals surface area contributed by atoms with Gasteiger partial charge in [-0.3, -0.25) is 14.4 Å². The Morgan fingerprint density at radius 1 is 0.943 bits per heavy atom. The summed E-state index contributed by atoms with van der Waals surface area (Å²) in [5.74, 6) is 0.707. The van der Waals surface area contributed by atoms with Gasteiger partial charge in [0.15, 0.2) is 16.6 Å². The maximum Gasteiger partial charge on any atom is 0.264 e. The van der Waals surface area contributed by atoms with Crippen molar-refractivity contribution in [3.63, 3.8) is 0 Å². The predicted molar refractivity (Wildman–Crippen MR) is 141 cm³/mol. The maximum atomic E-state index is 12.9. The molecule has 0 fully saturated rings. The molecule has 0 atom stereocenters. The fourth-order valence-electron chi connectivity index (χ4n) is 3.09. The largest absolute Gasteiger partial charge is 0.493 e. The van der Waals surface area contributed by atoms with Gasteiger partial charge >= 0.3 is 0 Å². The van der Waals surface area contributed by atoms with Crippen LogP contribution < -0.4 is 24.4 Å². The molecular formula is C25H25N3O5S2. The first-order valence-corrected chi connectivity index (χ1v) is 12.3. The predicted octanol–water partition coefficient (Wildman–Crippen LogP) is 4.06. The fourth-order valence-corrected chi connectivity index (χ4v) is 4.50. The van der Waals surface area contributed by atoms with Gasteiger partial charge in [0.05, 0.1) is 24.8 Å². The Kier molecular flexibility index (Phi) is 8.45. The van der Waals surface area contributed by atoms with Crippen molar-refractivity contribution in [2.45, 2.75) is 4.90 Å². The number of benzene rings is 3. The van der Waals surface area contributed by atoms with Crippen molar-refractivity contribution >= 4 is 50.7 Å². The van der Waals surface area contributed by atoms with Gasteiger partial charge in [-0.05, 0) is 72.4 Å². The SMILES string of the molecule is COc1ccc(C=CC(=O)NC(=S)Nc2ccc(S(=O)(=O)N(C)c3ccccc3)cc2)cc1OC. The number of ether oxygens (including phenoxy) is 2. The summed E-state index contributed by atoms with van der Waals surface area (Å²) in [7, 11) is 0.854. The quantitative estimate of drug-likeness (QED) is 0.348. The van der Waals surface area contributed by atoms with Gasteiger partial charge < -0.3 is 14.8 Å². The molecule has 10 heteroatoms. The number of para-hydroxylation sites is 1. The van der Waals surface area contributed by atoms with E-state index in [1.165, 1.54) is 36.7 Å². The lowest BCUT2D eigenvalue weighted by molar-refractivity contribution is -0.115. The molecule has 0 unspecified atom stereocenters. The fraction of sp³-hybridized carbons (Fsp3) is 0.120. The average Bonchev–Trinajstić information content (AvgIpc) is 2.87. The van der Waals surface area contributed by atoms with E-state index in [4.69, 9.17) is 21.7 Å². The highest BCUT2D eigenvalue weighted by Gasteiger charge is 2.21. The number of nitrogens with zero attached hydrogens (tertiary/aromatic N) is 1. The molecule has 0 radical (unpaired) electrons. The molecule has 0 aliphatic rings. The molecule has 0 aliphatic carbocycles. The Labute approximate surface area is 210 Å². The minimum Gasteiger partial charge on any atom is -0.493 e. The molecule has 0 aliphatic heterocycles. The van der Waals surface area contributed by atoms with Gasteiger partial charge in [0.25, 0.3) is 10.0 Å². The molecule has 0 saturated heterocycles. The summed E-state index contributed by atoms with van der Waals surface area (Å²) < 4.78 is 37.4. The standard InChI is InChI=1S/C25H25N3O5S2/c1-28(20-7-5-4-6-8-20)35(30,31)21-13-11-19(12-14-21)26-25(34)27-24(29)16-10-18-9-15-22(32-2)23(17-18)33-3/h4-17H,1-3H3,(H2,26,27,29,34). The first-order valence-electron chi connectivity index (χ1n) is 10.4. The molecule has 35 heavy (non-hydrogen) atoms. The zero-order chi connectivity index (χ0) is 25.4. The van der Waals surface area contributed by atoms with Gasteiger partial charge in [-0.2, -0.15) is 0 Å². The average molecular weight is 512 g/mol. The van der Waals surface area contributed by atoms with Crippen LogP contribution in [-0.4, -0.2) is 40.7 Å². The second-order valence-electron chi connectivity index (χ2n) is 7.22. The molecule has 182 valence electrons. The van der Waals surface area contributed by atoms with Gasteiger partial charge in [0, 0.05) is 18.8 Å². The molecule has 0 bridgehead atoms. The number of thiocarbonyl (C=S) groups is 1. The van der Waals surface area contributed by atoms with Crippen molar-refractivity contribution in [2.24, 2.45) is 0 Å². The molecular weight excluding hydrogens is 486 g/mol. The van der Waals surface area contributed by atoms with Crippen LogP contribution in [0.1, 0.15) is 5.56 Å². The number of hydrogen-bond donors (Lipinski definition) is 2. The Bertz CT molecular complexity index is 1320. The van der Waals surface area contributed by atoms with E-state index in [1.54, 1.807) is 67.8 Å². The van der Waals surface area contributed by atoms with Crippen molar-refractivity contribution in [1.29, 1.82) is 0 Å². The number of nitrogens with one attached hydrogen (secondary N) is 2. The Morgan fingerprint density at radius 3 is 2.23 bits per heavy atom. The smallest absolute Gasteiger partial charge is 0.264 e. The summed E-state index contributed by atoms with van der Waals surface area (Å²) >= 11 is 5.19. The maximum absolute atomic E-state index is 12.9. The van der Waals surface area contributed by atoms with E-state index in [2.05, 4.69) is 10.6 Å². The topological polar surface area (TPSA) is 97.0 Å². The number of anilines is 2. The highest BCUT2D eigenvalue weighted by molar-refractivity contribution is 7.92. The van der Waals surface area contributed by atoms with Crippen LogP contribution in [0.15, 0.2) is 83.8 Å². The molecule has 3 rings (SSSR count). The molecule has 0 saturated carbocycles. The lowest BCUT2D eigenvalue weighted by Crippen LogP contribution is -2.32. The Hall–Kier alpha value is -3.89. The molecule has 0 spiro atoms. The van der Waals surface area contributed by atoms with E-state index in [9.17, 15) is 13.2 Å². The minimum absolute atomic E-state index is 0.0731. The summed E-state index contributed by atoms with van der Waals surface area (Å²) in [6.45, 7) is 0. The van der Waals surface area contributed by atoms with Crippen molar-refractivity contribution in [2.75, 3.05) is 30.9 Å². The van der Waals surface area contributed by atoms with Crippen LogP contribution >= 0.6 is 12.2 Å². The summed E-state index contributed by atoms with van der Waals surface area (Å²) in [5, 5.41) is 5.48. The lowest BCUT2D eigenvalue weighted by atomic mass is 10.2. The summed E-state index contributed by atoms with van der Waals surface area (Å²) in [6.07, 6.45) is 2.95. The minimum atomic E-state index is -3.72. The van der Waals surface area contributed by atoms with Crippen molar-refractivity contribution in [3.05, 3.63) is 84.4 Å². The van der Waals surface area contributed by atoms with Gasteiger partial charge in [-0.1, -0.05) is 24.3 Å². The number of sulfonamides is 1. The number of carbonyl (C=O) groups is 1. The monoisotopic (exact) mass is 511 g/mol. The number of hydrogen-bond acceptors (Lipinski definition) is 6. The first-order chi connectivity index (χ1) is 16.7. The molecule has 1 amide bonds. The third-order valence-electron chi connectivity index (χ3n) is 4.96. The number of carbonyl (C=O) groups excluding carboxylic acids is 1. The Morgan fingerprint density at radius 2 is 1.60 bits per heavy atom. The third kappa shape index (κ3) is 6.58. The molecule has 3 aromatic rings. The lowest BCUT2D eigenvalue weighted by Gasteiger charge is -2.19. The first kappa shape index (κ1) is 25.7. The normalized spacial score (nSPS) is 11.1. The van der Waals surface area contributed by atoms with Crippen LogP contribution in [0.3, 0.4) is 0 Å². The van der Waals surface area contributed by atoms with Crippen LogP contribution in [0, 0.1) is 0 Å². The van der Waals surface area contributed by atoms with Crippen molar-refractivity contribution in [1.82, 2.24) is 5.32 Å². The zero-order valence-corrected chi connectivity index (χ0v) is 21.0. The van der Waals surface area contributed by atoms with E-state index in [1.807, 2.05) is 6.07 Å². The van der Waals surface area contributed by atoms with Crippen molar-refractivity contribution in [3.8, 4) is 11.5 Å². The number of methoxy groups -OCH3 is 2. The van der Waals surface area contributed by atoms with Gasteiger partial charge in [-0.25, -0.2) is 8.42 Å². The van der Waals surface area contributed by atoms with Gasteiger partial charge in [-0.15, -0.1) is 0 Å². The van der Waals surface area contributed by atoms with E-state index in [0.717, 1.165) is 5.56 Å². The number of amides is 1. The second-order valence-corrected chi connectivity index (χ2v) is 9.60. The van der Waals surface area contributed by atoms with Crippen LogP contribution in [0.4, 0.5) is 11.4 Å². The summed E-state index contributed by atoms with van der Waals surface area (Å²) in [5.41, 5.74) is 1.83. The summed E-state index contributed by atoms with van der Waals surface area (Å²) in [6, 6.07) is 20.1. The van der Waals surface area contributed by atoms with E-state index in [-0.39, 0.29) is 10.0 Å². The third-order valence-corrected chi connectivity index (χ3v) is 6.97. The molecule has 2 N–H and O–H groups in total. The molecule has 8 nitrogen and oxygen atoms in total. The van der Waals surface area contributed by atoms with E-state index in [0.29, 0.717) is 22.9 Å². The van der Waals surface area contributed by atoms with Crippen LogP contribution in [0.2, 0.25) is 0 Å². The van der Waals surface area contributed by atoms with E-state index >= 15 is 0 Å². The second kappa shape index (κ2) is 11.5. The Balaban J connectivity index is 1.59. The highest BCUT2D eigenvalue weighted by atomic mass is 32.2. The van der Waals surface area contributed by atoms with Gasteiger partial charge in [0.2, 0.25) is 5.91 Å². The van der Waals surface area contributed by atoms with E-state index < -0.39 is 15.9 Å². The molecule has 3 aromatic carbocycles.